The van der Waals surface area contributed by atoms with Crippen molar-refractivity contribution >= 4 is 41.7 Å². The molecule has 3 atom stereocenters. The van der Waals surface area contributed by atoms with E-state index in [-0.39, 0.29) is 19.4 Å². The number of nitrogens with one attached hydrogen (secondary N) is 2. The maximum atomic E-state index is 11.9. The summed E-state index contributed by atoms with van der Waals surface area (Å²) in [7, 11) is 0. The molecule has 16 nitrogen and oxygen atoms in total. The Morgan fingerprint density at radius 2 is 1.09 bits per heavy atom. The minimum Gasteiger partial charge on any atom is -0.481 e. The lowest BCUT2D eigenvalue weighted by Crippen LogP contribution is -2.48. The fourth-order valence-corrected chi connectivity index (χ4v) is 2.56. The number of aliphatic carboxylic acids is 5. The zero-order chi connectivity index (χ0) is 26.0. The van der Waals surface area contributed by atoms with Crippen LogP contribution in [0.25, 0.3) is 0 Å². The van der Waals surface area contributed by atoms with E-state index >= 15 is 0 Å². The summed E-state index contributed by atoms with van der Waals surface area (Å²) in [6, 6.07) is -1.61. The molecule has 0 saturated heterocycles. The molecule has 186 valence electrons. The van der Waals surface area contributed by atoms with E-state index in [0.717, 1.165) is 0 Å². The summed E-state index contributed by atoms with van der Waals surface area (Å²) in [5.41, 5.74) is -5.83. The lowest BCUT2D eigenvalue weighted by atomic mass is 9.95. The van der Waals surface area contributed by atoms with Crippen molar-refractivity contribution < 1.29 is 69.3 Å². The van der Waals surface area contributed by atoms with Crippen LogP contribution in [0.2, 0.25) is 0 Å². The predicted octanol–water partition coefficient (Wildman–Crippen LogP) is -3.19. The van der Waals surface area contributed by atoms with Crippen LogP contribution in [0.5, 0.6) is 0 Å². The second-order valence-electron chi connectivity index (χ2n) is 7.12. The summed E-state index contributed by atoms with van der Waals surface area (Å²) in [4.78, 5) is 78.3. The fraction of sp³-hybridized carbons (Fsp3) is 0.588. The SMILES string of the molecule is O=C(O)CC(O)(CC(=O)NCCCC(NC(=O)CC(O)(CC(=O)O)C(=O)O)C(=O)O)C(=O)O. The highest BCUT2D eigenvalue weighted by atomic mass is 16.4. The number of hydrogen-bond donors (Lipinski definition) is 9. The molecule has 0 aliphatic heterocycles. The number of carbonyl (C=O) groups excluding carboxylic acids is 2. The molecule has 3 unspecified atom stereocenters. The first-order valence-electron chi connectivity index (χ1n) is 9.16. The van der Waals surface area contributed by atoms with E-state index in [9.17, 15) is 43.8 Å². The Labute approximate surface area is 184 Å². The molecule has 16 heteroatoms. The quantitative estimate of drug-likeness (QED) is 0.0984. The van der Waals surface area contributed by atoms with Crippen molar-refractivity contribution in [2.24, 2.45) is 0 Å². The first-order chi connectivity index (χ1) is 15.0. The van der Waals surface area contributed by atoms with Crippen molar-refractivity contribution in [3.8, 4) is 0 Å². The summed E-state index contributed by atoms with van der Waals surface area (Å²) in [5, 5.41) is 67.9. The second-order valence-corrected chi connectivity index (χ2v) is 7.12. The van der Waals surface area contributed by atoms with Crippen LogP contribution in [0.1, 0.15) is 38.5 Å². The molecule has 0 bridgehead atoms. The maximum absolute atomic E-state index is 11.9. The smallest absolute Gasteiger partial charge is 0.336 e. The predicted molar refractivity (Wildman–Crippen MR) is 101 cm³/mol. The molecule has 0 aromatic carbocycles. The summed E-state index contributed by atoms with van der Waals surface area (Å²) < 4.78 is 0. The Morgan fingerprint density at radius 1 is 0.667 bits per heavy atom. The third-order valence-corrected chi connectivity index (χ3v) is 4.21. The molecule has 0 spiro atoms. The zero-order valence-electron chi connectivity index (χ0n) is 17.0. The van der Waals surface area contributed by atoms with Crippen molar-refractivity contribution in [2.75, 3.05) is 6.54 Å². The van der Waals surface area contributed by atoms with Crippen LogP contribution in [0.3, 0.4) is 0 Å². The van der Waals surface area contributed by atoms with Crippen LogP contribution in [-0.2, 0) is 33.6 Å². The van der Waals surface area contributed by atoms with Crippen LogP contribution < -0.4 is 10.6 Å². The molecular weight excluding hydrogens is 456 g/mol. The summed E-state index contributed by atoms with van der Waals surface area (Å²) >= 11 is 0. The van der Waals surface area contributed by atoms with Crippen LogP contribution >= 0.6 is 0 Å². The largest absolute Gasteiger partial charge is 0.481 e. The molecule has 0 aromatic heterocycles. The van der Waals surface area contributed by atoms with E-state index in [2.05, 4.69) is 5.32 Å². The Bertz CT molecular complexity index is 812. The molecular formula is C17H24N2O14. The van der Waals surface area contributed by atoms with Crippen LogP contribution in [-0.4, -0.2) is 101 Å². The van der Waals surface area contributed by atoms with E-state index in [1.807, 2.05) is 5.32 Å². The lowest BCUT2D eigenvalue weighted by Gasteiger charge is -2.22. The number of amides is 2. The van der Waals surface area contributed by atoms with E-state index in [1.165, 1.54) is 0 Å². The summed E-state index contributed by atoms with van der Waals surface area (Å²) in [6.45, 7) is -0.265. The minimum atomic E-state index is -2.97. The van der Waals surface area contributed by atoms with Gasteiger partial charge in [0.1, 0.15) is 6.04 Å². The van der Waals surface area contributed by atoms with Crippen molar-refractivity contribution in [1.29, 1.82) is 0 Å². The average Bonchev–Trinajstić information content (AvgIpc) is 2.62. The van der Waals surface area contributed by atoms with Gasteiger partial charge in [0.05, 0.1) is 25.7 Å². The highest BCUT2D eigenvalue weighted by molar-refractivity contribution is 5.92. The van der Waals surface area contributed by atoms with Gasteiger partial charge >= 0.3 is 29.8 Å². The molecule has 0 rings (SSSR count). The lowest BCUT2D eigenvalue weighted by molar-refractivity contribution is -0.167. The molecule has 0 aliphatic carbocycles. The number of carboxylic acids is 5. The molecule has 0 heterocycles. The second kappa shape index (κ2) is 12.3. The van der Waals surface area contributed by atoms with Crippen molar-refractivity contribution in [3.05, 3.63) is 0 Å². The van der Waals surface area contributed by atoms with E-state index in [0.29, 0.717) is 0 Å². The normalized spacial score (nSPS) is 15.2. The third-order valence-electron chi connectivity index (χ3n) is 4.21. The van der Waals surface area contributed by atoms with Gasteiger partial charge in [0, 0.05) is 6.54 Å². The van der Waals surface area contributed by atoms with E-state index in [1.54, 1.807) is 0 Å². The first-order valence-corrected chi connectivity index (χ1v) is 9.16. The number of carbonyl (C=O) groups is 7. The Hall–Kier alpha value is -3.79. The van der Waals surface area contributed by atoms with E-state index in [4.69, 9.17) is 25.5 Å². The summed E-state index contributed by atoms with van der Waals surface area (Å²) in [6.07, 6.45) is -5.34. The first kappa shape index (κ1) is 29.2. The maximum Gasteiger partial charge on any atom is 0.336 e. The van der Waals surface area contributed by atoms with Gasteiger partial charge in [0.2, 0.25) is 11.8 Å². The van der Waals surface area contributed by atoms with Crippen LogP contribution in [0, 0.1) is 0 Å². The molecule has 9 N–H and O–H groups in total. The molecule has 2 amide bonds. The average molecular weight is 480 g/mol. The third kappa shape index (κ3) is 10.4. The zero-order valence-corrected chi connectivity index (χ0v) is 17.0. The summed E-state index contributed by atoms with van der Waals surface area (Å²) in [5.74, 6) is -11.2. The highest BCUT2D eigenvalue weighted by Crippen LogP contribution is 2.17. The number of aliphatic hydroxyl groups is 2. The van der Waals surface area contributed by atoms with Gasteiger partial charge < -0.3 is 46.4 Å². The van der Waals surface area contributed by atoms with Crippen molar-refractivity contribution in [1.82, 2.24) is 10.6 Å². The molecule has 0 aromatic rings. The number of hydrogen-bond acceptors (Lipinski definition) is 9. The minimum absolute atomic E-state index is 0.119. The van der Waals surface area contributed by atoms with Gasteiger partial charge in [0.15, 0.2) is 11.2 Å². The Kier molecular flexibility index (Phi) is 10.9. The van der Waals surface area contributed by atoms with Gasteiger partial charge in [-0.2, -0.15) is 0 Å². The highest BCUT2D eigenvalue weighted by Gasteiger charge is 2.42. The van der Waals surface area contributed by atoms with Crippen molar-refractivity contribution in [2.45, 2.75) is 55.8 Å². The number of carboxylic acid groups (broad SMARTS) is 5. The fourth-order valence-electron chi connectivity index (χ4n) is 2.56. The molecule has 0 radical (unpaired) electrons. The van der Waals surface area contributed by atoms with Crippen LogP contribution in [0.15, 0.2) is 0 Å². The van der Waals surface area contributed by atoms with E-state index < -0.39 is 84.6 Å². The number of rotatable bonds is 16. The van der Waals surface area contributed by atoms with Gasteiger partial charge in [-0.05, 0) is 12.8 Å². The van der Waals surface area contributed by atoms with Crippen LogP contribution in [0.4, 0.5) is 0 Å². The van der Waals surface area contributed by atoms with Gasteiger partial charge in [-0.1, -0.05) is 0 Å². The molecule has 0 fully saturated rings. The van der Waals surface area contributed by atoms with Crippen molar-refractivity contribution in [3.63, 3.8) is 0 Å². The molecule has 0 aliphatic rings. The molecule has 33 heavy (non-hydrogen) atoms. The van der Waals surface area contributed by atoms with Gasteiger partial charge in [-0.25, -0.2) is 14.4 Å². The van der Waals surface area contributed by atoms with Gasteiger partial charge in [-0.15, -0.1) is 0 Å². The monoisotopic (exact) mass is 480 g/mol. The van der Waals surface area contributed by atoms with Gasteiger partial charge in [0.25, 0.3) is 0 Å². The Balaban J connectivity index is 4.80. The van der Waals surface area contributed by atoms with Gasteiger partial charge in [-0.3, -0.25) is 19.2 Å². The molecule has 0 saturated carbocycles. The standard InChI is InChI=1S/C17H24N2O14/c20-9(4-16(32,14(28)29)6-11(22)23)18-3-1-2-8(13(26)27)19-10(21)5-17(33,15(30)31)7-12(24)25/h8,32-33H,1-7H2,(H,18,20)(H,19,21)(H,22,23)(H,24,25)(H,26,27)(H,28,29)(H,30,31). The Morgan fingerprint density at radius 3 is 1.45 bits per heavy atom. The topological polar surface area (TPSA) is 285 Å².